The molecule has 9 fully saturated rings. The molecule has 6 bridgehead atoms. The van der Waals surface area contributed by atoms with Crippen LogP contribution in [-0.2, 0) is 80.5 Å². The third-order valence-corrected chi connectivity index (χ3v) is 13.6. The Hall–Kier alpha value is -1.12. The van der Waals surface area contributed by atoms with Gasteiger partial charge in [-0.3, -0.25) is 0 Å². The number of rotatable bonds is 16. The van der Waals surface area contributed by atoms with E-state index in [1.807, 2.05) is 0 Å². The average molecular weight is 979 g/mol. The summed E-state index contributed by atoms with van der Waals surface area (Å²) in [6.45, 7) is -0.858. The van der Waals surface area contributed by atoms with E-state index in [-0.39, 0.29) is 39.6 Å². The van der Waals surface area contributed by atoms with E-state index >= 15 is 0 Å². The fraction of sp³-hybridized carbons (Fsp3) is 1.00. The first kappa shape index (κ1) is 50.8. The molecule has 9 rings (SSSR count). The smallest absolute Gasteiger partial charge is 0.187 e. The number of aliphatic hydroxyl groups excluding tert-OH is 11. The van der Waals surface area contributed by atoms with Gasteiger partial charge in [-0.15, -0.1) is 0 Å². The highest BCUT2D eigenvalue weighted by Gasteiger charge is 2.61. The topological polar surface area (TPSA) is 379 Å². The molecule has 67 heavy (non-hydrogen) atoms. The maximum Gasteiger partial charge on any atom is 0.187 e. The van der Waals surface area contributed by atoms with Crippen molar-refractivity contribution in [2.24, 2.45) is 0 Å². The zero-order valence-electron chi connectivity index (χ0n) is 36.4. The number of hydrogen-bond donors (Lipinski definition) is 11. The Labute approximate surface area is 381 Å². The van der Waals surface area contributed by atoms with Gasteiger partial charge < -0.3 is 137 Å². The lowest BCUT2D eigenvalue weighted by molar-refractivity contribution is -0.381. The number of fused-ring (bicyclic) bond motifs is 6. The molecule has 0 aliphatic carbocycles. The summed E-state index contributed by atoms with van der Waals surface area (Å²) in [5.74, 6) is 0. The zero-order valence-corrected chi connectivity index (χ0v) is 36.4. The van der Waals surface area contributed by atoms with Crippen LogP contribution in [0, 0.1) is 0 Å². The molecule has 9 aliphatic heterocycles. The van der Waals surface area contributed by atoms with Crippen LogP contribution >= 0.6 is 0 Å². The minimum atomic E-state index is -1.80. The van der Waals surface area contributed by atoms with Gasteiger partial charge >= 0.3 is 0 Å². The molecule has 9 aliphatic rings. The molecule has 0 aromatic rings. The highest BCUT2D eigenvalue weighted by atomic mass is 16.8. The minimum absolute atomic E-state index is 0.0108. The van der Waals surface area contributed by atoms with Gasteiger partial charge in [-0.1, -0.05) is 0 Å². The van der Waals surface area contributed by atoms with E-state index < -0.39 is 184 Å². The second kappa shape index (κ2) is 21.2. The third-order valence-electron chi connectivity index (χ3n) is 13.6. The Morgan fingerprint density at radius 2 is 0.657 bits per heavy atom. The van der Waals surface area contributed by atoms with E-state index in [2.05, 4.69) is 0 Å². The standard InChI is InChI=1S/C39H62O28/c1-51-4-10-17(41)29(20(44)34(50)57-10)65-38-24(48)32-26(14(61-38)8-55-32)63-37-23(47)31(19(43)12(59-37)6-53-3)67-39-25(49)33-27(15(62-39)9-56-33)64-36-22(46)30(18(42)11(58-36)5-52-2)66-35-21(45)28-16(40)13(60-35)7-54-28/h10-50H,4-9H2,1-3H3/t10-,11-,12-,13+,14+,15+,16-,17+,18+,19+,20-,21+,22-,23-,24+,25+,26-,27-,28-,29+,30+,31+,32+,33+,34?,35+,36+,37+,38+,39+/m1/s1. The summed E-state index contributed by atoms with van der Waals surface area (Å²) in [7, 11) is 4.05. The molecule has 0 aromatic heterocycles. The van der Waals surface area contributed by atoms with Gasteiger partial charge in [0.1, 0.15) is 146 Å². The summed E-state index contributed by atoms with van der Waals surface area (Å²) in [5, 5.41) is 121. The van der Waals surface area contributed by atoms with Gasteiger partial charge in [0.25, 0.3) is 0 Å². The molecule has 0 amide bonds. The van der Waals surface area contributed by atoms with E-state index in [0.717, 1.165) is 0 Å². The van der Waals surface area contributed by atoms with Crippen molar-refractivity contribution in [3.8, 4) is 0 Å². The van der Waals surface area contributed by atoms with Gasteiger partial charge in [0, 0.05) is 21.3 Å². The summed E-state index contributed by atoms with van der Waals surface area (Å²) in [4.78, 5) is 0. The summed E-state index contributed by atoms with van der Waals surface area (Å²) < 4.78 is 97.5. The fourth-order valence-corrected chi connectivity index (χ4v) is 10.1. The molecule has 11 N–H and O–H groups in total. The van der Waals surface area contributed by atoms with Crippen LogP contribution in [-0.4, -0.2) is 301 Å². The van der Waals surface area contributed by atoms with Gasteiger partial charge in [0.15, 0.2) is 37.7 Å². The monoisotopic (exact) mass is 978 g/mol. The van der Waals surface area contributed by atoms with Crippen LogP contribution in [0.1, 0.15) is 0 Å². The Balaban J connectivity index is 0.842. The Kier molecular flexibility index (Phi) is 16.0. The van der Waals surface area contributed by atoms with Crippen molar-refractivity contribution < 1.29 is 137 Å². The van der Waals surface area contributed by atoms with Crippen LogP contribution in [0.2, 0.25) is 0 Å². The van der Waals surface area contributed by atoms with Gasteiger partial charge in [0.2, 0.25) is 0 Å². The van der Waals surface area contributed by atoms with E-state index in [4.69, 9.17) is 80.5 Å². The van der Waals surface area contributed by atoms with E-state index in [9.17, 15) is 56.2 Å². The van der Waals surface area contributed by atoms with E-state index in [1.165, 1.54) is 21.3 Å². The molecule has 1 unspecified atom stereocenters. The molecular formula is C39H62O28. The number of ether oxygens (including phenoxy) is 17. The first-order chi connectivity index (χ1) is 32.1. The quantitative estimate of drug-likeness (QED) is 0.0684. The lowest BCUT2D eigenvalue weighted by Crippen LogP contribution is -2.66. The van der Waals surface area contributed by atoms with Crippen LogP contribution in [0.3, 0.4) is 0 Å². The first-order valence-corrected chi connectivity index (χ1v) is 22.1. The average Bonchev–Trinajstić information content (AvgIpc) is 3.89. The highest BCUT2D eigenvalue weighted by molar-refractivity contribution is 5.03. The molecule has 9 saturated heterocycles. The van der Waals surface area contributed by atoms with Crippen LogP contribution < -0.4 is 0 Å². The largest absolute Gasteiger partial charge is 0.387 e. The molecule has 386 valence electrons. The molecule has 9 heterocycles. The predicted molar refractivity (Wildman–Crippen MR) is 203 cm³/mol. The lowest BCUT2D eigenvalue weighted by atomic mass is 9.96. The van der Waals surface area contributed by atoms with Crippen molar-refractivity contribution in [1.29, 1.82) is 0 Å². The molecule has 0 aromatic carbocycles. The molecule has 0 spiro atoms. The van der Waals surface area contributed by atoms with Gasteiger partial charge in [-0.25, -0.2) is 0 Å². The SMILES string of the molecule is COC[C@H]1O[C@@H](O[C@H]2[C@H]3OC[C@@H]2O[C@@H](O[C@H]2[C@@H](O)[C@@H](COC)O[C@@H](O[C@H]4[C@H]5OC[C@@H]4O[C@@H](O[C@H]4[C@@H](O)[C@@H](COC)OC(O)[C@@H]4O)[C@H]5O)[C@@H]2O)[C@H]3O)[C@H](O)[C@@H](O[C@@H]2O[C@H]3CO[C@@H]([C@@H]2O)[C@@H]3O)[C@H]1O. The predicted octanol–water partition coefficient (Wildman–Crippen LogP) is -9.00. The van der Waals surface area contributed by atoms with Crippen LogP contribution in [0.4, 0.5) is 0 Å². The van der Waals surface area contributed by atoms with Crippen molar-refractivity contribution in [3.05, 3.63) is 0 Å². The maximum atomic E-state index is 11.7. The molecule has 0 saturated carbocycles. The fourth-order valence-electron chi connectivity index (χ4n) is 10.1. The number of aliphatic hydroxyl groups is 11. The first-order valence-electron chi connectivity index (χ1n) is 22.1. The summed E-state index contributed by atoms with van der Waals surface area (Å²) >= 11 is 0. The molecule has 28 heteroatoms. The van der Waals surface area contributed by atoms with Gasteiger partial charge in [0.05, 0.1) is 39.6 Å². The van der Waals surface area contributed by atoms with E-state index in [0.29, 0.717) is 0 Å². The summed E-state index contributed by atoms with van der Waals surface area (Å²) in [6, 6.07) is 0. The van der Waals surface area contributed by atoms with Crippen molar-refractivity contribution in [3.63, 3.8) is 0 Å². The molecular weight excluding hydrogens is 916 g/mol. The van der Waals surface area contributed by atoms with Crippen LogP contribution in [0.25, 0.3) is 0 Å². The number of methoxy groups -OCH3 is 3. The Morgan fingerprint density at radius 1 is 0.328 bits per heavy atom. The number of hydrogen-bond acceptors (Lipinski definition) is 28. The van der Waals surface area contributed by atoms with Crippen LogP contribution in [0.15, 0.2) is 0 Å². The molecule has 28 nitrogen and oxygen atoms in total. The lowest BCUT2D eigenvalue weighted by Gasteiger charge is -2.48. The highest BCUT2D eigenvalue weighted by Crippen LogP contribution is 2.41. The van der Waals surface area contributed by atoms with Crippen molar-refractivity contribution in [2.75, 3.05) is 61.0 Å². The molecule has 30 atom stereocenters. The van der Waals surface area contributed by atoms with Gasteiger partial charge in [-0.2, -0.15) is 0 Å². The van der Waals surface area contributed by atoms with Gasteiger partial charge in [-0.05, 0) is 0 Å². The third kappa shape index (κ3) is 9.67. The second-order valence-electron chi connectivity index (χ2n) is 17.9. The molecule has 0 radical (unpaired) electrons. The second-order valence-corrected chi connectivity index (χ2v) is 17.9. The van der Waals surface area contributed by atoms with Crippen LogP contribution in [0.5, 0.6) is 0 Å². The normalized spacial score (nSPS) is 55.3. The Morgan fingerprint density at radius 3 is 1.09 bits per heavy atom. The van der Waals surface area contributed by atoms with E-state index in [1.54, 1.807) is 0 Å². The maximum absolute atomic E-state index is 11.7. The zero-order chi connectivity index (χ0) is 47.6. The van der Waals surface area contributed by atoms with Crippen molar-refractivity contribution in [2.45, 2.75) is 184 Å². The Bertz CT molecular complexity index is 1610. The van der Waals surface area contributed by atoms with Crippen molar-refractivity contribution >= 4 is 0 Å². The van der Waals surface area contributed by atoms with Crippen molar-refractivity contribution in [1.82, 2.24) is 0 Å². The summed E-state index contributed by atoms with van der Waals surface area (Å²) in [6.07, 6.45) is -41.6. The summed E-state index contributed by atoms with van der Waals surface area (Å²) in [5.41, 5.74) is 0. The minimum Gasteiger partial charge on any atom is -0.387 e.